The van der Waals surface area contributed by atoms with Gasteiger partial charge in [-0.1, -0.05) is 38.1 Å². The molecule has 4 nitrogen and oxygen atoms in total. The van der Waals surface area contributed by atoms with E-state index in [1.807, 2.05) is 24.3 Å². The molecule has 3 aromatic rings. The highest BCUT2D eigenvalue weighted by molar-refractivity contribution is 9.10. The predicted octanol–water partition coefficient (Wildman–Crippen LogP) is 7.26. The smallest absolute Gasteiger partial charge is 0.339 e. The summed E-state index contributed by atoms with van der Waals surface area (Å²) in [6.45, 7) is 4.26. The van der Waals surface area contributed by atoms with E-state index in [0.29, 0.717) is 21.8 Å². The molecule has 1 unspecified atom stereocenters. The Balaban J connectivity index is 1.89. The van der Waals surface area contributed by atoms with Gasteiger partial charge in [0.15, 0.2) is 0 Å². The summed E-state index contributed by atoms with van der Waals surface area (Å²) >= 11 is 3.32. The number of halogens is 4. The van der Waals surface area contributed by atoms with Crippen LogP contribution in [0.25, 0.3) is 0 Å². The normalized spacial score (nSPS) is 12.5. The van der Waals surface area contributed by atoms with Gasteiger partial charge in [0.1, 0.15) is 11.4 Å². The number of benzene rings is 2. The topological polar surface area (TPSA) is 49.8 Å². The molecule has 1 aromatic heterocycles. The van der Waals surface area contributed by atoms with Crippen LogP contribution in [-0.2, 0) is 6.18 Å². The third kappa shape index (κ3) is 5.26. The Labute approximate surface area is 175 Å². The van der Waals surface area contributed by atoms with Crippen LogP contribution in [0, 0.1) is 0 Å². The van der Waals surface area contributed by atoms with Crippen LogP contribution in [0.4, 0.5) is 36.3 Å². The van der Waals surface area contributed by atoms with Crippen molar-refractivity contribution in [3.05, 3.63) is 70.3 Å². The maximum atomic E-state index is 13.4. The Kier molecular flexibility index (Phi) is 6.42. The molecule has 8 heteroatoms. The third-order valence-corrected chi connectivity index (χ3v) is 5.26. The maximum Gasteiger partial charge on any atom is 0.421 e. The molecule has 0 radical (unpaired) electrons. The first-order valence-electron chi connectivity index (χ1n) is 9.10. The van der Waals surface area contributed by atoms with E-state index in [4.69, 9.17) is 0 Å². The summed E-state index contributed by atoms with van der Waals surface area (Å²) in [4.78, 5) is 7.92. The van der Waals surface area contributed by atoms with Crippen molar-refractivity contribution in [2.75, 3.05) is 10.6 Å². The highest BCUT2D eigenvalue weighted by Crippen LogP contribution is 2.36. The van der Waals surface area contributed by atoms with Gasteiger partial charge in [-0.3, -0.25) is 0 Å². The summed E-state index contributed by atoms with van der Waals surface area (Å²) in [7, 11) is 0. The van der Waals surface area contributed by atoms with E-state index in [1.54, 1.807) is 24.3 Å². The lowest BCUT2D eigenvalue weighted by Crippen LogP contribution is -2.12. The molecule has 0 saturated heterocycles. The number of aromatic nitrogens is 2. The molecule has 0 saturated carbocycles. The lowest BCUT2D eigenvalue weighted by Gasteiger charge is -2.16. The number of nitrogens with one attached hydrogen (secondary N) is 2. The molecular formula is C21H20BrF3N4. The van der Waals surface area contributed by atoms with Gasteiger partial charge >= 0.3 is 6.18 Å². The van der Waals surface area contributed by atoms with Crippen LogP contribution in [0.2, 0.25) is 0 Å². The molecule has 0 amide bonds. The quantitative estimate of drug-likeness (QED) is 0.402. The van der Waals surface area contributed by atoms with E-state index in [9.17, 15) is 13.2 Å². The van der Waals surface area contributed by atoms with Crippen molar-refractivity contribution < 1.29 is 13.2 Å². The van der Waals surface area contributed by atoms with E-state index >= 15 is 0 Å². The largest absolute Gasteiger partial charge is 0.421 e. The van der Waals surface area contributed by atoms with Crippen molar-refractivity contribution in [1.29, 1.82) is 0 Å². The second kappa shape index (κ2) is 8.82. The van der Waals surface area contributed by atoms with Crippen LogP contribution in [-0.4, -0.2) is 9.97 Å². The van der Waals surface area contributed by atoms with Crippen LogP contribution in [0.15, 0.2) is 59.2 Å². The fourth-order valence-corrected chi connectivity index (χ4v) is 3.08. The second-order valence-electron chi connectivity index (χ2n) is 6.61. The van der Waals surface area contributed by atoms with E-state index in [0.717, 1.165) is 12.6 Å². The number of nitrogens with zero attached hydrogens (tertiary/aromatic N) is 2. The van der Waals surface area contributed by atoms with Crippen LogP contribution < -0.4 is 10.6 Å². The summed E-state index contributed by atoms with van der Waals surface area (Å²) < 4.78 is 40.9. The fourth-order valence-electron chi connectivity index (χ4n) is 2.69. The van der Waals surface area contributed by atoms with Crippen molar-refractivity contribution >= 4 is 39.1 Å². The van der Waals surface area contributed by atoms with Crippen molar-refractivity contribution in [3.8, 4) is 0 Å². The first-order chi connectivity index (χ1) is 13.8. The molecule has 2 N–H and O–H groups in total. The average Bonchev–Trinajstić information content (AvgIpc) is 2.69. The summed E-state index contributed by atoms with van der Waals surface area (Å²) in [6, 6.07) is 14.6. The molecular weight excluding hydrogens is 445 g/mol. The lowest BCUT2D eigenvalue weighted by molar-refractivity contribution is -0.137. The van der Waals surface area contributed by atoms with Gasteiger partial charge in [0.25, 0.3) is 0 Å². The zero-order valence-corrected chi connectivity index (χ0v) is 17.5. The van der Waals surface area contributed by atoms with Gasteiger partial charge in [-0.25, -0.2) is 4.98 Å². The van der Waals surface area contributed by atoms with E-state index in [2.05, 4.69) is 50.4 Å². The van der Waals surface area contributed by atoms with E-state index < -0.39 is 11.7 Å². The van der Waals surface area contributed by atoms with Crippen molar-refractivity contribution in [3.63, 3.8) is 0 Å². The minimum atomic E-state index is -4.58. The van der Waals surface area contributed by atoms with Gasteiger partial charge in [-0.05, 0) is 58.1 Å². The predicted molar refractivity (Wildman–Crippen MR) is 113 cm³/mol. The van der Waals surface area contributed by atoms with Crippen molar-refractivity contribution in [2.45, 2.75) is 32.4 Å². The Hall–Kier alpha value is -2.61. The van der Waals surface area contributed by atoms with Gasteiger partial charge in [0.05, 0.1) is 5.69 Å². The minimum Gasteiger partial charge on any atom is -0.339 e. The highest BCUT2D eigenvalue weighted by Gasteiger charge is 2.35. The summed E-state index contributed by atoms with van der Waals surface area (Å²) in [6.07, 6.45) is -2.78. The molecule has 0 aliphatic carbocycles. The molecule has 152 valence electrons. The van der Waals surface area contributed by atoms with Gasteiger partial charge in [0, 0.05) is 16.4 Å². The van der Waals surface area contributed by atoms with Crippen LogP contribution >= 0.6 is 15.9 Å². The summed E-state index contributed by atoms with van der Waals surface area (Å²) in [5.41, 5.74) is 1.43. The van der Waals surface area contributed by atoms with Crippen molar-refractivity contribution in [1.82, 2.24) is 9.97 Å². The standard InChI is InChI=1S/C21H20BrF3N4/c1-3-13(2)14-8-10-15(11-9-14)27-20-26-12-16(21(23,24)25)19(29-20)28-18-7-5-4-6-17(18)22/h4-13H,3H2,1-2H3,(H2,26,27,28,29). The number of alkyl halides is 3. The molecule has 3 rings (SSSR count). The van der Waals surface area contributed by atoms with Gasteiger partial charge < -0.3 is 10.6 Å². The molecule has 1 heterocycles. The number of para-hydroxylation sites is 1. The third-order valence-electron chi connectivity index (χ3n) is 4.57. The fraction of sp³-hybridized carbons (Fsp3) is 0.238. The zero-order valence-electron chi connectivity index (χ0n) is 15.9. The van der Waals surface area contributed by atoms with E-state index in [1.165, 1.54) is 5.56 Å². The highest BCUT2D eigenvalue weighted by atomic mass is 79.9. The van der Waals surface area contributed by atoms with Crippen LogP contribution in [0.3, 0.4) is 0 Å². The molecule has 1 atom stereocenters. The molecule has 0 bridgehead atoms. The molecule has 0 fully saturated rings. The zero-order chi connectivity index (χ0) is 21.0. The van der Waals surface area contributed by atoms with Crippen LogP contribution in [0.5, 0.6) is 0 Å². The molecule has 0 spiro atoms. The average molecular weight is 465 g/mol. The summed E-state index contributed by atoms with van der Waals surface area (Å²) in [5.74, 6) is 0.188. The Morgan fingerprint density at radius 1 is 1.03 bits per heavy atom. The Bertz CT molecular complexity index is 974. The van der Waals surface area contributed by atoms with Crippen LogP contribution in [0.1, 0.15) is 37.3 Å². The number of anilines is 4. The second-order valence-corrected chi connectivity index (χ2v) is 7.47. The van der Waals surface area contributed by atoms with Gasteiger partial charge in [-0.2, -0.15) is 18.2 Å². The monoisotopic (exact) mass is 464 g/mol. The first-order valence-corrected chi connectivity index (χ1v) is 9.90. The Morgan fingerprint density at radius 2 is 1.72 bits per heavy atom. The van der Waals surface area contributed by atoms with E-state index in [-0.39, 0.29) is 11.8 Å². The van der Waals surface area contributed by atoms with Crippen molar-refractivity contribution in [2.24, 2.45) is 0 Å². The molecule has 2 aromatic carbocycles. The SMILES string of the molecule is CCC(C)c1ccc(Nc2ncc(C(F)(F)F)c(Nc3ccccc3Br)n2)cc1. The lowest BCUT2D eigenvalue weighted by atomic mass is 9.99. The first kappa shape index (κ1) is 21.1. The molecule has 29 heavy (non-hydrogen) atoms. The Morgan fingerprint density at radius 3 is 2.34 bits per heavy atom. The maximum absolute atomic E-state index is 13.4. The summed E-state index contributed by atoms with van der Waals surface area (Å²) in [5, 5.41) is 5.71. The van der Waals surface area contributed by atoms with Gasteiger partial charge in [-0.15, -0.1) is 0 Å². The minimum absolute atomic E-state index is 0.0730. The molecule has 0 aliphatic heterocycles. The number of rotatable bonds is 6. The van der Waals surface area contributed by atoms with Gasteiger partial charge in [0.2, 0.25) is 5.95 Å². The number of hydrogen-bond donors (Lipinski definition) is 2. The number of hydrogen-bond acceptors (Lipinski definition) is 4. The molecule has 0 aliphatic rings.